The number of carboxylic acid groups (broad SMARTS) is 1. The van der Waals surface area contributed by atoms with Crippen LogP contribution < -0.4 is 0 Å². The number of furan rings is 1. The highest BCUT2D eigenvalue weighted by Crippen LogP contribution is 2.15. The molecule has 88 valence electrons. The minimum atomic E-state index is -0.978. The van der Waals surface area contributed by atoms with Crippen LogP contribution in [0.25, 0.3) is 0 Å². The number of piperidine rings is 1. The summed E-state index contributed by atoms with van der Waals surface area (Å²) in [4.78, 5) is 12.7. The van der Waals surface area contributed by atoms with E-state index in [1.165, 1.54) is 12.3 Å². The Balaban J connectivity index is 1.95. The summed E-state index contributed by atoms with van der Waals surface area (Å²) in [6, 6.07) is 1.53. The number of β-amino-alcohol motifs (C(OH)–C–C–N with tert-alkyl or cyclic N) is 1. The first-order valence-corrected chi connectivity index (χ1v) is 5.36. The minimum absolute atomic E-state index is 0.174. The molecule has 1 fully saturated rings. The number of nitrogens with zero attached hydrogens (tertiary/aromatic N) is 1. The smallest absolute Gasteiger partial charge is 0.338 e. The molecule has 1 unspecified atom stereocenters. The second kappa shape index (κ2) is 4.67. The molecule has 5 nitrogen and oxygen atoms in total. The van der Waals surface area contributed by atoms with E-state index in [1.54, 1.807) is 0 Å². The number of hydrogen-bond acceptors (Lipinski definition) is 4. The van der Waals surface area contributed by atoms with E-state index in [-0.39, 0.29) is 11.7 Å². The number of carboxylic acids is 1. The van der Waals surface area contributed by atoms with E-state index in [0.717, 1.165) is 19.4 Å². The summed E-state index contributed by atoms with van der Waals surface area (Å²) in [5.41, 5.74) is 0.174. The number of hydrogen-bond donors (Lipinski definition) is 2. The largest absolute Gasteiger partial charge is 0.478 e. The molecule has 2 N–H and O–H groups in total. The molecule has 2 heterocycles. The standard InChI is InChI=1S/C11H15NO4/c13-9-2-1-3-12(5-9)6-10-4-8(7-16-10)11(14)15/h4,7,9,13H,1-3,5-6H2,(H,14,15). The van der Waals surface area contributed by atoms with Crippen molar-refractivity contribution in [1.82, 2.24) is 4.90 Å². The molecular formula is C11H15NO4. The van der Waals surface area contributed by atoms with Gasteiger partial charge < -0.3 is 14.6 Å². The van der Waals surface area contributed by atoms with Crippen LogP contribution in [-0.4, -0.2) is 40.3 Å². The maximum absolute atomic E-state index is 10.6. The second-order valence-corrected chi connectivity index (χ2v) is 4.14. The zero-order chi connectivity index (χ0) is 11.5. The normalized spacial score (nSPS) is 22.2. The fourth-order valence-corrected chi connectivity index (χ4v) is 1.97. The van der Waals surface area contributed by atoms with Gasteiger partial charge in [-0.2, -0.15) is 0 Å². The lowest BCUT2D eigenvalue weighted by Gasteiger charge is -2.28. The van der Waals surface area contributed by atoms with E-state index < -0.39 is 5.97 Å². The van der Waals surface area contributed by atoms with E-state index in [0.29, 0.717) is 18.8 Å². The highest BCUT2D eigenvalue weighted by molar-refractivity contribution is 5.87. The van der Waals surface area contributed by atoms with Crippen molar-refractivity contribution in [3.05, 3.63) is 23.7 Å². The molecular weight excluding hydrogens is 210 g/mol. The maximum atomic E-state index is 10.6. The molecule has 0 spiro atoms. The van der Waals surface area contributed by atoms with Gasteiger partial charge in [0, 0.05) is 6.54 Å². The molecule has 1 aromatic heterocycles. The summed E-state index contributed by atoms with van der Waals surface area (Å²) in [5, 5.41) is 18.2. The van der Waals surface area contributed by atoms with Crippen LogP contribution >= 0.6 is 0 Å². The lowest BCUT2D eigenvalue weighted by Crippen LogP contribution is -2.37. The highest BCUT2D eigenvalue weighted by Gasteiger charge is 2.19. The quantitative estimate of drug-likeness (QED) is 0.800. The van der Waals surface area contributed by atoms with Gasteiger partial charge in [0.15, 0.2) is 0 Å². The van der Waals surface area contributed by atoms with Crippen LogP contribution in [0.3, 0.4) is 0 Å². The second-order valence-electron chi connectivity index (χ2n) is 4.14. The number of rotatable bonds is 3. The van der Waals surface area contributed by atoms with Crippen molar-refractivity contribution in [2.24, 2.45) is 0 Å². The molecule has 0 aliphatic carbocycles. The lowest BCUT2D eigenvalue weighted by atomic mass is 10.1. The SMILES string of the molecule is O=C(O)c1coc(CN2CCCC(O)C2)c1. The van der Waals surface area contributed by atoms with Crippen LogP contribution in [0.2, 0.25) is 0 Å². The lowest BCUT2D eigenvalue weighted by molar-refractivity contribution is 0.0633. The fourth-order valence-electron chi connectivity index (χ4n) is 1.97. The molecule has 0 amide bonds. The van der Waals surface area contributed by atoms with Gasteiger partial charge in [-0.25, -0.2) is 4.79 Å². The average molecular weight is 225 g/mol. The minimum Gasteiger partial charge on any atom is -0.478 e. The molecule has 1 aliphatic rings. The molecule has 2 rings (SSSR count). The fraction of sp³-hybridized carbons (Fsp3) is 0.545. The summed E-state index contributed by atoms with van der Waals surface area (Å²) in [5.74, 6) is -0.347. The number of aromatic carboxylic acids is 1. The highest BCUT2D eigenvalue weighted by atomic mass is 16.4. The van der Waals surface area contributed by atoms with Gasteiger partial charge in [0.1, 0.15) is 12.0 Å². The Bertz CT molecular complexity index is 374. The molecule has 5 heteroatoms. The first kappa shape index (κ1) is 11.2. The Labute approximate surface area is 93.3 Å². The van der Waals surface area contributed by atoms with Crippen molar-refractivity contribution >= 4 is 5.97 Å². The molecule has 16 heavy (non-hydrogen) atoms. The van der Waals surface area contributed by atoms with Crippen molar-refractivity contribution in [2.75, 3.05) is 13.1 Å². The van der Waals surface area contributed by atoms with E-state index in [9.17, 15) is 9.90 Å². The predicted molar refractivity (Wildman–Crippen MR) is 56.2 cm³/mol. The van der Waals surface area contributed by atoms with Crippen LogP contribution in [0, 0.1) is 0 Å². The van der Waals surface area contributed by atoms with Gasteiger partial charge in [-0.05, 0) is 25.5 Å². The van der Waals surface area contributed by atoms with Crippen molar-refractivity contribution in [3.8, 4) is 0 Å². The van der Waals surface area contributed by atoms with E-state index in [4.69, 9.17) is 9.52 Å². The summed E-state index contributed by atoms with van der Waals surface area (Å²) in [6.45, 7) is 2.10. The third-order valence-corrected chi connectivity index (χ3v) is 2.76. The van der Waals surface area contributed by atoms with Crippen molar-refractivity contribution in [3.63, 3.8) is 0 Å². The van der Waals surface area contributed by atoms with Gasteiger partial charge in [-0.1, -0.05) is 0 Å². The Kier molecular flexibility index (Phi) is 3.26. The van der Waals surface area contributed by atoms with Crippen molar-refractivity contribution in [1.29, 1.82) is 0 Å². The van der Waals surface area contributed by atoms with E-state index in [1.807, 2.05) is 0 Å². The monoisotopic (exact) mass is 225 g/mol. The summed E-state index contributed by atoms with van der Waals surface area (Å²) >= 11 is 0. The summed E-state index contributed by atoms with van der Waals surface area (Å²) < 4.78 is 5.16. The summed E-state index contributed by atoms with van der Waals surface area (Å²) in [7, 11) is 0. The van der Waals surface area contributed by atoms with Gasteiger partial charge in [0.25, 0.3) is 0 Å². The molecule has 0 saturated carbocycles. The number of carbonyl (C=O) groups is 1. The first-order valence-electron chi connectivity index (χ1n) is 5.36. The predicted octanol–water partition coefficient (Wildman–Crippen LogP) is 0.934. The Morgan fingerprint density at radius 1 is 1.62 bits per heavy atom. The topological polar surface area (TPSA) is 73.9 Å². The molecule has 1 aromatic rings. The van der Waals surface area contributed by atoms with Crippen LogP contribution in [0.5, 0.6) is 0 Å². The van der Waals surface area contributed by atoms with Gasteiger partial charge in [0.2, 0.25) is 0 Å². The Hall–Kier alpha value is -1.33. The maximum Gasteiger partial charge on any atom is 0.338 e. The summed E-state index contributed by atoms with van der Waals surface area (Å²) in [6.07, 6.45) is 2.78. The third kappa shape index (κ3) is 2.62. The molecule has 1 atom stereocenters. The first-order chi connectivity index (χ1) is 7.65. The zero-order valence-electron chi connectivity index (χ0n) is 8.93. The molecule has 0 bridgehead atoms. The van der Waals surface area contributed by atoms with Crippen molar-refractivity contribution < 1.29 is 19.4 Å². The van der Waals surface area contributed by atoms with Gasteiger partial charge >= 0.3 is 5.97 Å². The van der Waals surface area contributed by atoms with Crippen molar-refractivity contribution in [2.45, 2.75) is 25.5 Å². The number of aliphatic hydroxyl groups is 1. The van der Waals surface area contributed by atoms with E-state index in [2.05, 4.69) is 4.90 Å². The Morgan fingerprint density at radius 2 is 2.44 bits per heavy atom. The zero-order valence-corrected chi connectivity index (χ0v) is 8.93. The molecule has 1 saturated heterocycles. The molecule has 0 radical (unpaired) electrons. The Morgan fingerprint density at radius 3 is 3.06 bits per heavy atom. The van der Waals surface area contributed by atoms with E-state index >= 15 is 0 Å². The molecule has 0 aromatic carbocycles. The van der Waals surface area contributed by atoms with Crippen LogP contribution in [0.1, 0.15) is 29.0 Å². The van der Waals surface area contributed by atoms with Gasteiger partial charge in [-0.15, -0.1) is 0 Å². The molecule has 1 aliphatic heterocycles. The van der Waals surface area contributed by atoms with Crippen LogP contribution in [0.15, 0.2) is 16.7 Å². The number of likely N-dealkylation sites (tertiary alicyclic amines) is 1. The van der Waals surface area contributed by atoms with Crippen LogP contribution in [0.4, 0.5) is 0 Å². The third-order valence-electron chi connectivity index (χ3n) is 2.76. The van der Waals surface area contributed by atoms with Gasteiger partial charge in [-0.3, -0.25) is 4.90 Å². The average Bonchev–Trinajstić information content (AvgIpc) is 2.66. The van der Waals surface area contributed by atoms with Crippen LogP contribution in [-0.2, 0) is 6.54 Å². The number of aliphatic hydroxyl groups excluding tert-OH is 1. The van der Waals surface area contributed by atoms with Gasteiger partial charge in [0.05, 0.1) is 18.2 Å².